The predicted octanol–water partition coefficient (Wildman–Crippen LogP) is 6.77. The van der Waals surface area contributed by atoms with Gasteiger partial charge in [-0.1, -0.05) is 80.6 Å². The Balaban J connectivity index is 1.27. The van der Waals surface area contributed by atoms with E-state index in [0.717, 1.165) is 44.7 Å². The van der Waals surface area contributed by atoms with Gasteiger partial charge in [-0.15, -0.1) is 0 Å². The number of rotatable bonds is 5. The second-order valence-corrected chi connectivity index (χ2v) is 12.9. The Morgan fingerprint density at radius 3 is 2.07 bits per heavy atom. The van der Waals surface area contributed by atoms with Crippen molar-refractivity contribution < 1.29 is 14.7 Å². The van der Waals surface area contributed by atoms with E-state index in [2.05, 4.69) is 37.0 Å². The summed E-state index contributed by atoms with van der Waals surface area (Å²) in [5.41, 5.74) is 5.70. The van der Waals surface area contributed by atoms with E-state index in [9.17, 15) is 14.7 Å². The zero-order chi connectivity index (χ0) is 31.1. The minimum Gasteiger partial charge on any atom is -0.390 e. The van der Waals surface area contributed by atoms with E-state index in [0.29, 0.717) is 16.8 Å². The predicted molar refractivity (Wildman–Crippen MR) is 172 cm³/mol. The van der Waals surface area contributed by atoms with Crippen LogP contribution in [0.15, 0.2) is 97.2 Å². The van der Waals surface area contributed by atoms with Gasteiger partial charge in [0.25, 0.3) is 11.8 Å². The number of aromatic nitrogens is 4. The Bertz CT molecular complexity index is 2120. The van der Waals surface area contributed by atoms with Crippen molar-refractivity contribution in [3.63, 3.8) is 0 Å². The summed E-state index contributed by atoms with van der Waals surface area (Å²) in [5.74, 6) is -0.398. The van der Waals surface area contributed by atoms with Crippen LogP contribution in [0.4, 0.5) is 0 Å². The van der Waals surface area contributed by atoms with Crippen LogP contribution in [-0.4, -0.2) is 47.0 Å². The van der Waals surface area contributed by atoms with E-state index < -0.39 is 11.1 Å². The van der Waals surface area contributed by atoms with Crippen molar-refractivity contribution in [3.8, 4) is 22.4 Å². The van der Waals surface area contributed by atoms with Gasteiger partial charge < -0.3 is 5.11 Å². The minimum atomic E-state index is -0.994. The standard InChI is InChI=1S/C37H31N5O3/c1-22(2)30-18-31-38-19-25-17-29(23-9-5-4-6-10-23)32(39-33(25)42(31)40-30)24-13-15-26(16-14-24)37(20-36(3,45)21-37)41-34(43)27-11-7-8-12-28(27)35(41)44/h4-19,22,45H,20-21H2,1-3H3/t36-,37-. The molecule has 4 heterocycles. The lowest BCUT2D eigenvalue weighted by molar-refractivity contribution is -0.118. The molecule has 1 saturated carbocycles. The fraction of sp³-hybridized carbons (Fsp3) is 0.216. The van der Waals surface area contributed by atoms with Gasteiger partial charge >= 0.3 is 0 Å². The quantitative estimate of drug-likeness (QED) is 0.222. The van der Waals surface area contributed by atoms with E-state index in [1.165, 1.54) is 4.90 Å². The van der Waals surface area contributed by atoms with Crippen LogP contribution in [0.1, 0.15) is 71.5 Å². The molecule has 8 heteroatoms. The van der Waals surface area contributed by atoms with Crippen LogP contribution in [0, 0.1) is 0 Å². The number of hydrogen-bond donors (Lipinski definition) is 1. The van der Waals surface area contributed by atoms with Crippen molar-refractivity contribution in [2.75, 3.05) is 0 Å². The Morgan fingerprint density at radius 1 is 0.800 bits per heavy atom. The van der Waals surface area contributed by atoms with Crippen LogP contribution >= 0.6 is 0 Å². The molecule has 8 nitrogen and oxygen atoms in total. The summed E-state index contributed by atoms with van der Waals surface area (Å²) in [6.45, 7) is 5.96. The van der Waals surface area contributed by atoms with Crippen LogP contribution in [0.2, 0.25) is 0 Å². The Labute approximate surface area is 260 Å². The first-order valence-electron chi connectivity index (χ1n) is 15.2. The molecular weight excluding hydrogens is 562 g/mol. The van der Waals surface area contributed by atoms with Crippen LogP contribution in [-0.2, 0) is 5.54 Å². The molecule has 1 aliphatic heterocycles. The molecule has 0 saturated heterocycles. The summed E-state index contributed by atoms with van der Waals surface area (Å²) in [6.07, 6.45) is 2.37. The van der Waals surface area contributed by atoms with Crippen molar-refractivity contribution in [2.45, 2.75) is 50.7 Å². The third-order valence-corrected chi connectivity index (χ3v) is 9.22. The molecule has 1 fully saturated rings. The molecule has 1 N–H and O–H groups in total. The van der Waals surface area contributed by atoms with E-state index >= 15 is 0 Å². The first-order valence-corrected chi connectivity index (χ1v) is 15.2. The molecule has 222 valence electrons. The van der Waals surface area contributed by atoms with Crippen molar-refractivity contribution in [3.05, 3.63) is 120 Å². The second-order valence-electron chi connectivity index (χ2n) is 12.9. The number of benzene rings is 3. The molecule has 8 rings (SSSR count). The van der Waals surface area contributed by atoms with Crippen LogP contribution < -0.4 is 0 Å². The maximum atomic E-state index is 13.6. The number of imide groups is 1. The lowest BCUT2D eigenvalue weighted by atomic mass is 9.61. The summed E-state index contributed by atoms with van der Waals surface area (Å²) in [7, 11) is 0. The molecule has 0 spiro atoms. The highest BCUT2D eigenvalue weighted by molar-refractivity contribution is 6.22. The molecule has 0 bridgehead atoms. The molecular formula is C37H31N5O3. The number of carbonyl (C=O) groups is 2. The van der Waals surface area contributed by atoms with Gasteiger partial charge in [-0.25, -0.2) is 9.97 Å². The second kappa shape index (κ2) is 9.64. The SMILES string of the molecule is CC(C)c1cc2ncc3cc(-c4ccccc4)c(-c4ccc([C@]5(N6C(=O)c7ccccc7C6=O)C[C@](C)(O)C5)cc4)nc3n2n1. The maximum absolute atomic E-state index is 13.6. The van der Waals surface area contributed by atoms with E-state index in [1.807, 2.05) is 59.2 Å². The number of hydrogen-bond acceptors (Lipinski definition) is 6. The van der Waals surface area contributed by atoms with Gasteiger partial charge in [0.05, 0.1) is 33.7 Å². The van der Waals surface area contributed by atoms with Gasteiger partial charge in [-0.3, -0.25) is 14.5 Å². The molecule has 3 aromatic carbocycles. The largest absolute Gasteiger partial charge is 0.390 e. The molecule has 45 heavy (non-hydrogen) atoms. The molecule has 6 aromatic rings. The van der Waals surface area contributed by atoms with Gasteiger partial charge in [0.15, 0.2) is 11.3 Å². The zero-order valence-corrected chi connectivity index (χ0v) is 25.2. The minimum absolute atomic E-state index is 0.249. The summed E-state index contributed by atoms with van der Waals surface area (Å²) < 4.78 is 1.81. The average molecular weight is 594 g/mol. The van der Waals surface area contributed by atoms with Gasteiger partial charge in [0.2, 0.25) is 0 Å². The van der Waals surface area contributed by atoms with Crippen molar-refractivity contribution >= 4 is 28.5 Å². The van der Waals surface area contributed by atoms with E-state index in [-0.39, 0.29) is 30.6 Å². The Kier molecular flexibility index (Phi) is 5.86. The lowest BCUT2D eigenvalue weighted by Gasteiger charge is -2.55. The van der Waals surface area contributed by atoms with Crippen LogP contribution in [0.3, 0.4) is 0 Å². The highest BCUT2D eigenvalue weighted by Crippen LogP contribution is 2.54. The highest BCUT2D eigenvalue weighted by Gasteiger charge is 2.60. The lowest BCUT2D eigenvalue weighted by Crippen LogP contribution is -2.63. The number of fused-ring (bicyclic) bond motifs is 4. The number of nitrogens with zero attached hydrogens (tertiary/aromatic N) is 5. The third kappa shape index (κ3) is 4.13. The molecule has 0 unspecified atom stereocenters. The van der Waals surface area contributed by atoms with Crippen LogP contribution in [0.25, 0.3) is 39.1 Å². The van der Waals surface area contributed by atoms with Gasteiger partial charge in [0.1, 0.15) is 0 Å². The molecule has 2 aliphatic rings. The van der Waals surface area contributed by atoms with Gasteiger partial charge in [0, 0.05) is 41.6 Å². The molecule has 0 atom stereocenters. The highest BCUT2D eigenvalue weighted by atomic mass is 16.3. The average Bonchev–Trinajstić information content (AvgIpc) is 3.59. The van der Waals surface area contributed by atoms with Gasteiger partial charge in [-0.2, -0.15) is 9.61 Å². The Morgan fingerprint density at radius 2 is 1.44 bits per heavy atom. The van der Waals surface area contributed by atoms with Gasteiger partial charge in [-0.05, 0) is 42.2 Å². The summed E-state index contributed by atoms with van der Waals surface area (Å²) in [5, 5.41) is 16.6. The normalized spacial score (nSPS) is 21.1. The number of carbonyl (C=O) groups excluding carboxylic acids is 2. The fourth-order valence-corrected chi connectivity index (χ4v) is 7.11. The van der Waals surface area contributed by atoms with Crippen molar-refractivity contribution in [1.29, 1.82) is 0 Å². The van der Waals surface area contributed by atoms with E-state index in [1.54, 1.807) is 31.2 Å². The molecule has 2 amide bonds. The topological polar surface area (TPSA) is 101 Å². The summed E-state index contributed by atoms with van der Waals surface area (Å²) in [6, 6.07) is 29.0. The van der Waals surface area contributed by atoms with E-state index in [4.69, 9.17) is 10.1 Å². The molecule has 3 aromatic heterocycles. The first-order chi connectivity index (χ1) is 21.6. The smallest absolute Gasteiger partial charge is 0.262 e. The molecule has 0 radical (unpaired) electrons. The number of aliphatic hydroxyl groups is 1. The first kappa shape index (κ1) is 27.3. The Hall–Kier alpha value is -5.21. The fourth-order valence-electron chi connectivity index (χ4n) is 7.11. The van der Waals surface area contributed by atoms with Crippen LogP contribution in [0.5, 0.6) is 0 Å². The summed E-state index contributed by atoms with van der Waals surface area (Å²) >= 11 is 0. The van der Waals surface area contributed by atoms with Crippen molar-refractivity contribution in [1.82, 2.24) is 24.5 Å². The number of amides is 2. The summed E-state index contributed by atoms with van der Waals surface area (Å²) in [4.78, 5) is 38.4. The van der Waals surface area contributed by atoms with Crippen molar-refractivity contribution in [2.24, 2.45) is 0 Å². The maximum Gasteiger partial charge on any atom is 0.262 e. The molecule has 1 aliphatic carbocycles. The monoisotopic (exact) mass is 593 g/mol. The zero-order valence-electron chi connectivity index (χ0n) is 25.2. The third-order valence-electron chi connectivity index (χ3n) is 9.22. The number of pyridine rings is 1.